The fourth-order valence-electron chi connectivity index (χ4n) is 2.50. The van der Waals surface area contributed by atoms with Gasteiger partial charge in [0.05, 0.1) is 10.8 Å². The second-order valence-electron chi connectivity index (χ2n) is 5.05. The smallest absolute Gasteiger partial charge is 0.265 e. The molecular weight excluding hydrogens is 384 g/mol. The van der Waals surface area contributed by atoms with E-state index < -0.39 is 5.92 Å². The lowest BCUT2D eigenvalue weighted by Crippen LogP contribution is -2.28. The predicted molar refractivity (Wildman–Crippen MR) is 95.8 cm³/mol. The summed E-state index contributed by atoms with van der Waals surface area (Å²) in [6.07, 6.45) is 2.57. The third kappa shape index (κ3) is 2.73. The van der Waals surface area contributed by atoms with Crippen LogP contribution in [0, 0.1) is 0 Å². The normalized spacial score (nSPS) is 22.5. The fraction of sp³-hybridized carbons (Fsp3) is 0.267. The van der Waals surface area contributed by atoms with E-state index in [9.17, 15) is 9.59 Å². The van der Waals surface area contributed by atoms with Gasteiger partial charge in [-0.25, -0.2) is 0 Å². The van der Waals surface area contributed by atoms with Gasteiger partial charge in [0.2, 0.25) is 5.91 Å². The van der Waals surface area contributed by atoms with Gasteiger partial charge in [-0.15, -0.1) is 0 Å². The maximum atomic E-state index is 12.4. The number of thioether (sulfide) groups is 1. The number of benzene rings is 1. The van der Waals surface area contributed by atoms with Gasteiger partial charge in [-0.3, -0.25) is 14.5 Å². The molecule has 22 heavy (non-hydrogen) atoms. The molecule has 0 radical (unpaired) electrons. The molecule has 2 aliphatic rings. The lowest BCUT2D eigenvalue weighted by molar-refractivity contribution is -0.122. The van der Waals surface area contributed by atoms with Gasteiger partial charge >= 0.3 is 0 Å². The van der Waals surface area contributed by atoms with E-state index in [0.29, 0.717) is 15.8 Å². The molecule has 1 atom stereocenters. The van der Waals surface area contributed by atoms with Crippen LogP contribution in [0.2, 0.25) is 0 Å². The van der Waals surface area contributed by atoms with Gasteiger partial charge in [0.1, 0.15) is 4.32 Å². The van der Waals surface area contributed by atoms with Crippen molar-refractivity contribution in [1.29, 1.82) is 0 Å². The Morgan fingerprint density at radius 1 is 1.45 bits per heavy atom. The molecule has 2 amide bonds. The van der Waals surface area contributed by atoms with Crippen LogP contribution in [0.4, 0.5) is 5.69 Å². The van der Waals surface area contributed by atoms with Gasteiger partial charge in [0.15, 0.2) is 0 Å². The molecule has 114 valence electrons. The second-order valence-corrected chi connectivity index (χ2v) is 7.65. The second kappa shape index (κ2) is 6.14. The van der Waals surface area contributed by atoms with E-state index in [1.54, 1.807) is 11.0 Å². The molecule has 0 aliphatic carbocycles. The van der Waals surface area contributed by atoms with E-state index in [4.69, 9.17) is 12.2 Å². The van der Waals surface area contributed by atoms with E-state index in [-0.39, 0.29) is 11.8 Å². The average molecular weight is 397 g/mol. The minimum atomic E-state index is -0.455. The highest BCUT2D eigenvalue weighted by atomic mass is 79.9. The number of hydrogen-bond acceptors (Lipinski definition) is 4. The van der Waals surface area contributed by atoms with Crippen LogP contribution < -0.4 is 5.32 Å². The fourth-order valence-corrected chi connectivity index (χ4v) is 4.20. The summed E-state index contributed by atoms with van der Waals surface area (Å²) < 4.78 is 1.46. The molecule has 1 unspecified atom stereocenters. The largest absolute Gasteiger partial charge is 0.325 e. The zero-order valence-corrected chi connectivity index (χ0v) is 15.0. The zero-order valence-electron chi connectivity index (χ0n) is 11.8. The summed E-state index contributed by atoms with van der Waals surface area (Å²) in [6.45, 7) is 2.61. The van der Waals surface area contributed by atoms with Crippen molar-refractivity contribution in [2.75, 3.05) is 11.9 Å². The SMILES string of the molecule is CCCN1C(=O)C(=CC2C(=O)Nc3ccc(Br)cc32)SC1=S. The standard InChI is InChI=1S/C15H13BrN2O2S2/c1-2-5-18-14(20)12(22-15(18)21)7-10-9-6-8(16)3-4-11(9)17-13(10)19/h3-4,6-7,10H,2,5H2,1H3,(H,17,19). The highest BCUT2D eigenvalue weighted by Gasteiger charge is 2.35. The number of fused-ring (bicyclic) bond motifs is 1. The summed E-state index contributed by atoms with van der Waals surface area (Å²) in [5.74, 6) is -0.676. The van der Waals surface area contributed by atoms with Crippen LogP contribution >= 0.6 is 39.9 Å². The Balaban J connectivity index is 1.93. The van der Waals surface area contributed by atoms with Crippen LogP contribution in [0.3, 0.4) is 0 Å². The van der Waals surface area contributed by atoms with Gasteiger partial charge in [0, 0.05) is 16.7 Å². The Bertz CT molecular complexity index is 717. The van der Waals surface area contributed by atoms with E-state index >= 15 is 0 Å². The summed E-state index contributed by atoms with van der Waals surface area (Å²) in [4.78, 5) is 26.7. The monoisotopic (exact) mass is 396 g/mol. The quantitative estimate of drug-likeness (QED) is 0.625. The minimum absolute atomic E-state index is 0.104. The Morgan fingerprint density at radius 2 is 2.23 bits per heavy atom. The van der Waals surface area contributed by atoms with Gasteiger partial charge < -0.3 is 5.32 Å². The number of anilines is 1. The molecule has 3 rings (SSSR count). The van der Waals surface area contributed by atoms with E-state index in [1.807, 2.05) is 25.1 Å². The van der Waals surface area contributed by atoms with Crippen molar-refractivity contribution >= 4 is 61.7 Å². The topological polar surface area (TPSA) is 49.4 Å². The maximum absolute atomic E-state index is 12.4. The molecule has 2 heterocycles. The van der Waals surface area contributed by atoms with Gasteiger partial charge in [-0.2, -0.15) is 0 Å². The van der Waals surface area contributed by atoms with Gasteiger partial charge in [0.25, 0.3) is 5.91 Å². The summed E-state index contributed by atoms with van der Waals surface area (Å²) in [6, 6.07) is 5.64. The Kier molecular flexibility index (Phi) is 4.38. The molecule has 2 aliphatic heterocycles. The molecule has 0 bridgehead atoms. The molecular formula is C15H13BrN2O2S2. The first kappa shape index (κ1) is 15.7. The van der Waals surface area contributed by atoms with E-state index in [1.165, 1.54) is 11.8 Å². The highest BCUT2D eigenvalue weighted by molar-refractivity contribution is 9.10. The number of halogens is 1. The van der Waals surface area contributed by atoms with Crippen molar-refractivity contribution in [3.63, 3.8) is 0 Å². The molecule has 0 aromatic heterocycles. The first-order chi connectivity index (χ1) is 10.5. The summed E-state index contributed by atoms with van der Waals surface area (Å²) >= 11 is 9.93. The molecule has 1 aromatic carbocycles. The Labute approximate surface area is 146 Å². The minimum Gasteiger partial charge on any atom is -0.325 e. The lowest BCUT2D eigenvalue weighted by Gasteiger charge is -2.12. The van der Waals surface area contributed by atoms with E-state index in [2.05, 4.69) is 21.2 Å². The first-order valence-corrected chi connectivity index (χ1v) is 8.89. The van der Waals surface area contributed by atoms with Gasteiger partial charge in [-0.05, 0) is 36.3 Å². The number of hydrogen-bond donors (Lipinski definition) is 1. The van der Waals surface area contributed by atoms with Crippen molar-refractivity contribution < 1.29 is 9.59 Å². The molecule has 7 heteroatoms. The molecule has 1 N–H and O–H groups in total. The average Bonchev–Trinajstić information content (AvgIpc) is 2.92. The van der Waals surface area contributed by atoms with Crippen LogP contribution in [0.15, 0.2) is 33.7 Å². The van der Waals surface area contributed by atoms with E-state index in [0.717, 1.165) is 22.1 Å². The maximum Gasteiger partial charge on any atom is 0.265 e. The number of nitrogens with zero attached hydrogens (tertiary/aromatic N) is 1. The lowest BCUT2D eigenvalue weighted by atomic mass is 10.00. The number of rotatable bonds is 3. The zero-order chi connectivity index (χ0) is 15.9. The van der Waals surface area contributed by atoms with Crippen molar-refractivity contribution in [1.82, 2.24) is 4.90 Å². The van der Waals surface area contributed by atoms with Gasteiger partial charge in [-0.1, -0.05) is 46.8 Å². The molecule has 0 saturated carbocycles. The number of amides is 2. The number of nitrogens with one attached hydrogen (secondary N) is 1. The van der Waals surface area contributed by atoms with Crippen LogP contribution in [0.25, 0.3) is 0 Å². The summed E-state index contributed by atoms with van der Waals surface area (Å²) in [5.41, 5.74) is 1.67. The third-order valence-electron chi connectivity index (χ3n) is 3.53. The van der Waals surface area contributed by atoms with Crippen LogP contribution in [0.1, 0.15) is 24.8 Å². The van der Waals surface area contributed by atoms with Crippen LogP contribution in [0.5, 0.6) is 0 Å². The third-order valence-corrected chi connectivity index (χ3v) is 5.42. The Hall–Kier alpha value is -1.18. The summed E-state index contributed by atoms with van der Waals surface area (Å²) in [5, 5.41) is 2.84. The molecule has 1 fully saturated rings. The molecule has 1 aromatic rings. The van der Waals surface area contributed by atoms with Crippen molar-refractivity contribution in [2.24, 2.45) is 0 Å². The molecule has 1 saturated heterocycles. The first-order valence-electron chi connectivity index (χ1n) is 6.87. The van der Waals surface area contributed by atoms with Crippen molar-refractivity contribution in [3.05, 3.63) is 39.2 Å². The van der Waals surface area contributed by atoms with Crippen molar-refractivity contribution in [2.45, 2.75) is 19.3 Å². The number of carbonyl (C=O) groups is 2. The van der Waals surface area contributed by atoms with Crippen LogP contribution in [-0.2, 0) is 9.59 Å². The number of thiocarbonyl (C=S) groups is 1. The van der Waals surface area contributed by atoms with Crippen LogP contribution in [-0.4, -0.2) is 27.6 Å². The van der Waals surface area contributed by atoms with Crippen molar-refractivity contribution in [3.8, 4) is 0 Å². The predicted octanol–water partition coefficient (Wildman–Crippen LogP) is 3.64. The Morgan fingerprint density at radius 3 is 2.95 bits per heavy atom. The summed E-state index contributed by atoms with van der Waals surface area (Å²) in [7, 11) is 0. The molecule has 4 nitrogen and oxygen atoms in total. The highest BCUT2D eigenvalue weighted by Crippen LogP contribution is 2.39. The number of carbonyl (C=O) groups excluding carboxylic acids is 2. The molecule has 0 spiro atoms.